The predicted molar refractivity (Wildman–Crippen MR) is 79.4 cm³/mol. The summed E-state index contributed by atoms with van der Waals surface area (Å²) in [5.41, 5.74) is 0.863. The molecule has 0 amide bonds. The molecule has 0 radical (unpaired) electrons. The number of thiazole rings is 1. The van der Waals surface area contributed by atoms with E-state index in [9.17, 15) is 13.2 Å². The van der Waals surface area contributed by atoms with Crippen molar-refractivity contribution in [1.29, 1.82) is 0 Å². The van der Waals surface area contributed by atoms with Crippen molar-refractivity contribution in [3.8, 4) is 0 Å². The van der Waals surface area contributed by atoms with Crippen LogP contribution in [-0.4, -0.2) is 48.4 Å². The molecule has 0 aromatic carbocycles. The van der Waals surface area contributed by atoms with Gasteiger partial charge in [-0.2, -0.15) is 12.7 Å². The lowest BCUT2D eigenvalue weighted by molar-refractivity contribution is -0.142. The summed E-state index contributed by atoms with van der Waals surface area (Å²) in [6.45, 7) is 2.58. The van der Waals surface area contributed by atoms with Gasteiger partial charge in [-0.1, -0.05) is 0 Å². The number of piperidine rings is 1. The average Bonchev–Trinajstić information content (AvgIpc) is 2.84. The normalized spacial score (nSPS) is 20.5. The van der Waals surface area contributed by atoms with E-state index in [1.54, 1.807) is 0 Å². The third-order valence-corrected chi connectivity index (χ3v) is 5.81. The zero-order chi connectivity index (χ0) is 15.5. The maximum absolute atomic E-state index is 12.2. The van der Waals surface area contributed by atoms with E-state index in [1.165, 1.54) is 15.6 Å². The molecule has 1 aromatic heterocycles. The van der Waals surface area contributed by atoms with Crippen molar-refractivity contribution in [3.05, 3.63) is 16.1 Å². The van der Waals surface area contributed by atoms with Crippen molar-refractivity contribution in [2.45, 2.75) is 26.2 Å². The van der Waals surface area contributed by atoms with Gasteiger partial charge in [0.1, 0.15) is 0 Å². The first kappa shape index (κ1) is 16.3. The molecule has 9 heteroatoms. The van der Waals surface area contributed by atoms with Crippen LogP contribution in [0.15, 0.2) is 5.38 Å². The highest BCUT2D eigenvalue weighted by Crippen LogP contribution is 2.18. The van der Waals surface area contributed by atoms with Crippen LogP contribution in [0, 0.1) is 12.8 Å². The number of nitrogens with one attached hydrogen (secondary N) is 1. The Morgan fingerprint density at radius 3 is 3.00 bits per heavy atom. The second-order valence-corrected chi connectivity index (χ2v) is 7.86. The van der Waals surface area contributed by atoms with E-state index < -0.39 is 22.1 Å². The standard InChI is InChI=1S/C12H19N3O4S2/c1-9-14-11(8-20-9)4-5-13-21(18,19)15-6-2-3-10(7-15)12(16)17/h8,10,13H,2-7H2,1H3,(H,16,17). The minimum atomic E-state index is -3.62. The van der Waals surface area contributed by atoms with E-state index in [-0.39, 0.29) is 13.1 Å². The summed E-state index contributed by atoms with van der Waals surface area (Å²) in [4.78, 5) is 15.2. The Labute approximate surface area is 128 Å². The molecule has 1 fully saturated rings. The number of rotatable bonds is 6. The van der Waals surface area contributed by atoms with Crippen molar-refractivity contribution < 1.29 is 18.3 Å². The number of hydrogen-bond donors (Lipinski definition) is 2. The van der Waals surface area contributed by atoms with Crippen LogP contribution < -0.4 is 4.72 Å². The van der Waals surface area contributed by atoms with E-state index in [1.807, 2.05) is 12.3 Å². The fourth-order valence-electron chi connectivity index (χ4n) is 2.28. The van der Waals surface area contributed by atoms with Gasteiger partial charge in [-0.05, 0) is 19.8 Å². The van der Waals surface area contributed by atoms with E-state index in [4.69, 9.17) is 5.11 Å². The highest BCUT2D eigenvalue weighted by atomic mass is 32.2. The predicted octanol–water partition coefficient (Wildman–Crippen LogP) is 0.625. The van der Waals surface area contributed by atoms with E-state index in [0.29, 0.717) is 25.8 Å². The van der Waals surface area contributed by atoms with Gasteiger partial charge in [0.25, 0.3) is 10.2 Å². The molecule has 1 saturated heterocycles. The Balaban J connectivity index is 1.87. The molecule has 7 nitrogen and oxygen atoms in total. The molecule has 1 aromatic rings. The second-order valence-electron chi connectivity index (χ2n) is 5.04. The van der Waals surface area contributed by atoms with Crippen LogP contribution in [0.1, 0.15) is 23.5 Å². The quantitative estimate of drug-likeness (QED) is 0.795. The second kappa shape index (κ2) is 6.82. The van der Waals surface area contributed by atoms with Crippen LogP contribution in [-0.2, 0) is 21.4 Å². The summed E-state index contributed by atoms with van der Waals surface area (Å²) in [5, 5.41) is 11.9. The molecule has 0 bridgehead atoms. The number of aromatic nitrogens is 1. The van der Waals surface area contributed by atoms with Crippen LogP contribution in [0.5, 0.6) is 0 Å². The fourth-order valence-corrected chi connectivity index (χ4v) is 4.22. The Hall–Kier alpha value is -1.03. The minimum Gasteiger partial charge on any atom is -0.481 e. The van der Waals surface area contributed by atoms with Crippen LogP contribution in [0.2, 0.25) is 0 Å². The average molecular weight is 333 g/mol. The highest BCUT2D eigenvalue weighted by molar-refractivity contribution is 7.87. The molecular weight excluding hydrogens is 314 g/mol. The summed E-state index contributed by atoms with van der Waals surface area (Å²) in [6.07, 6.45) is 1.63. The van der Waals surface area contributed by atoms with Gasteiger partial charge in [0.15, 0.2) is 0 Å². The van der Waals surface area contributed by atoms with Crippen LogP contribution in [0.4, 0.5) is 0 Å². The first-order valence-corrected chi connectivity index (χ1v) is 9.09. The van der Waals surface area contributed by atoms with Gasteiger partial charge in [-0.3, -0.25) is 4.79 Å². The van der Waals surface area contributed by atoms with Gasteiger partial charge in [-0.15, -0.1) is 11.3 Å². The molecule has 1 aliphatic heterocycles. The Bertz CT molecular complexity index is 599. The Morgan fingerprint density at radius 1 is 1.62 bits per heavy atom. The summed E-state index contributed by atoms with van der Waals surface area (Å²) in [7, 11) is -3.62. The topological polar surface area (TPSA) is 99.6 Å². The molecule has 2 rings (SSSR count). The number of aryl methyl sites for hydroxylation is 1. The zero-order valence-corrected chi connectivity index (χ0v) is 13.4. The maximum Gasteiger partial charge on any atom is 0.307 e. The highest BCUT2D eigenvalue weighted by Gasteiger charge is 2.31. The van der Waals surface area contributed by atoms with Crippen molar-refractivity contribution in [1.82, 2.24) is 14.0 Å². The molecule has 1 atom stereocenters. The van der Waals surface area contributed by atoms with E-state index in [0.717, 1.165) is 10.7 Å². The van der Waals surface area contributed by atoms with Crippen LogP contribution >= 0.6 is 11.3 Å². The third-order valence-electron chi connectivity index (χ3n) is 3.41. The zero-order valence-electron chi connectivity index (χ0n) is 11.8. The molecular formula is C12H19N3O4S2. The Kier molecular flexibility index (Phi) is 5.31. The smallest absolute Gasteiger partial charge is 0.307 e. The van der Waals surface area contributed by atoms with Gasteiger partial charge >= 0.3 is 5.97 Å². The van der Waals surface area contributed by atoms with Crippen LogP contribution in [0.3, 0.4) is 0 Å². The molecule has 0 spiro atoms. The molecule has 21 heavy (non-hydrogen) atoms. The largest absolute Gasteiger partial charge is 0.481 e. The van der Waals surface area contributed by atoms with Gasteiger partial charge in [0.2, 0.25) is 0 Å². The first-order chi connectivity index (χ1) is 9.88. The number of carbonyl (C=O) groups is 1. The number of carboxylic acid groups (broad SMARTS) is 1. The summed E-state index contributed by atoms with van der Waals surface area (Å²) < 4.78 is 28.0. The summed E-state index contributed by atoms with van der Waals surface area (Å²) in [5.74, 6) is -1.55. The van der Waals surface area contributed by atoms with Crippen molar-refractivity contribution in [3.63, 3.8) is 0 Å². The van der Waals surface area contributed by atoms with Gasteiger partial charge in [0, 0.05) is 31.4 Å². The lowest BCUT2D eigenvalue weighted by Gasteiger charge is -2.29. The van der Waals surface area contributed by atoms with Gasteiger partial charge in [0.05, 0.1) is 16.6 Å². The number of nitrogens with zero attached hydrogens (tertiary/aromatic N) is 2. The van der Waals surface area contributed by atoms with Crippen LogP contribution in [0.25, 0.3) is 0 Å². The lowest BCUT2D eigenvalue weighted by Crippen LogP contribution is -2.47. The SMILES string of the molecule is Cc1nc(CCNS(=O)(=O)N2CCCC(C(=O)O)C2)cs1. The minimum absolute atomic E-state index is 0.0421. The molecule has 0 aliphatic carbocycles. The van der Waals surface area contributed by atoms with Gasteiger partial charge < -0.3 is 5.11 Å². The number of aliphatic carboxylic acids is 1. The molecule has 0 saturated carbocycles. The maximum atomic E-state index is 12.2. The fraction of sp³-hybridized carbons (Fsp3) is 0.667. The van der Waals surface area contributed by atoms with Gasteiger partial charge in [-0.25, -0.2) is 9.71 Å². The first-order valence-electron chi connectivity index (χ1n) is 6.77. The summed E-state index contributed by atoms with van der Waals surface area (Å²) in [6, 6.07) is 0. The lowest BCUT2D eigenvalue weighted by atomic mass is 10.0. The number of hydrogen-bond acceptors (Lipinski definition) is 5. The van der Waals surface area contributed by atoms with Crippen molar-refractivity contribution in [2.75, 3.05) is 19.6 Å². The van der Waals surface area contributed by atoms with Crippen molar-refractivity contribution >= 4 is 27.5 Å². The van der Waals surface area contributed by atoms with E-state index in [2.05, 4.69) is 9.71 Å². The third kappa shape index (κ3) is 4.47. The molecule has 2 heterocycles. The molecule has 1 unspecified atom stereocenters. The summed E-state index contributed by atoms with van der Waals surface area (Å²) >= 11 is 1.53. The monoisotopic (exact) mass is 333 g/mol. The molecule has 1 aliphatic rings. The number of carboxylic acids is 1. The Morgan fingerprint density at radius 2 is 2.38 bits per heavy atom. The molecule has 2 N–H and O–H groups in total. The molecule has 118 valence electrons. The van der Waals surface area contributed by atoms with E-state index >= 15 is 0 Å². The van der Waals surface area contributed by atoms with Crippen molar-refractivity contribution in [2.24, 2.45) is 5.92 Å².